The zero-order chi connectivity index (χ0) is 15.9. The SMILES string of the molecule is CCC1CCC(OC(=O)C2CCC(C=C(F)C#N)CC2)CC1. The molecule has 122 valence electrons. The van der Waals surface area contributed by atoms with Crippen LogP contribution in [-0.4, -0.2) is 12.1 Å². The number of allylic oxidation sites excluding steroid dienone is 2. The quantitative estimate of drug-likeness (QED) is 0.559. The molecule has 2 aliphatic rings. The molecule has 0 aromatic heterocycles. The van der Waals surface area contributed by atoms with E-state index in [9.17, 15) is 9.18 Å². The Kier molecular flexibility index (Phi) is 6.42. The molecule has 22 heavy (non-hydrogen) atoms. The lowest BCUT2D eigenvalue weighted by Gasteiger charge is -2.30. The first-order valence-electron chi connectivity index (χ1n) is 8.60. The van der Waals surface area contributed by atoms with Crippen molar-refractivity contribution in [3.8, 4) is 6.07 Å². The Bertz CT molecular complexity index is 438. The predicted octanol–water partition coefficient (Wildman–Crippen LogP) is 4.68. The van der Waals surface area contributed by atoms with Gasteiger partial charge in [-0.3, -0.25) is 4.79 Å². The molecule has 2 aliphatic carbocycles. The fourth-order valence-electron chi connectivity index (χ4n) is 3.68. The summed E-state index contributed by atoms with van der Waals surface area (Å²) in [4.78, 5) is 12.2. The first-order chi connectivity index (χ1) is 10.6. The summed E-state index contributed by atoms with van der Waals surface area (Å²) in [7, 11) is 0. The number of hydrogen-bond donors (Lipinski definition) is 0. The van der Waals surface area contributed by atoms with Gasteiger partial charge < -0.3 is 4.74 Å². The second-order valence-corrected chi connectivity index (χ2v) is 6.73. The minimum Gasteiger partial charge on any atom is -0.462 e. The molecule has 0 bridgehead atoms. The summed E-state index contributed by atoms with van der Waals surface area (Å²) in [5, 5.41) is 8.46. The fraction of sp³-hybridized carbons (Fsp3) is 0.778. The van der Waals surface area contributed by atoms with Crippen molar-refractivity contribution in [2.45, 2.75) is 70.8 Å². The summed E-state index contributed by atoms with van der Waals surface area (Å²) >= 11 is 0. The van der Waals surface area contributed by atoms with Crippen LogP contribution < -0.4 is 0 Å². The van der Waals surface area contributed by atoms with Crippen LogP contribution in [0.3, 0.4) is 0 Å². The van der Waals surface area contributed by atoms with E-state index in [1.807, 2.05) is 0 Å². The molecule has 0 saturated heterocycles. The van der Waals surface area contributed by atoms with Crippen LogP contribution in [0.25, 0.3) is 0 Å². The maximum Gasteiger partial charge on any atom is 0.309 e. The lowest BCUT2D eigenvalue weighted by atomic mass is 9.81. The van der Waals surface area contributed by atoms with Gasteiger partial charge >= 0.3 is 5.97 Å². The van der Waals surface area contributed by atoms with Crippen molar-refractivity contribution in [2.24, 2.45) is 17.8 Å². The number of nitriles is 1. The van der Waals surface area contributed by atoms with Crippen LogP contribution in [0.2, 0.25) is 0 Å². The van der Waals surface area contributed by atoms with Gasteiger partial charge in [0.15, 0.2) is 5.83 Å². The highest BCUT2D eigenvalue weighted by Crippen LogP contribution is 2.33. The van der Waals surface area contributed by atoms with Crippen molar-refractivity contribution in [2.75, 3.05) is 0 Å². The largest absolute Gasteiger partial charge is 0.462 e. The number of carbonyl (C=O) groups is 1. The molecule has 0 aromatic rings. The molecule has 0 spiro atoms. The highest BCUT2D eigenvalue weighted by Gasteiger charge is 2.30. The number of esters is 1. The Balaban J connectivity index is 1.73. The number of ether oxygens (including phenoxy) is 1. The lowest BCUT2D eigenvalue weighted by Crippen LogP contribution is -2.29. The van der Waals surface area contributed by atoms with E-state index in [1.54, 1.807) is 0 Å². The van der Waals surface area contributed by atoms with E-state index in [0.717, 1.165) is 44.4 Å². The van der Waals surface area contributed by atoms with Gasteiger partial charge in [0.25, 0.3) is 0 Å². The van der Waals surface area contributed by atoms with Crippen molar-refractivity contribution < 1.29 is 13.9 Å². The van der Waals surface area contributed by atoms with Crippen molar-refractivity contribution in [1.82, 2.24) is 0 Å². The van der Waals surface area contributed by atoms with Gasteiger partial charge in [-0.1, -0.05) is 13.3 Å². The van der Waals surface area contributed by atoms with Crippen molar-refractivity contribution in [3.05, 3.63) is 11.9 Å². The molecule has 0 unspecified atom stereocenters. The highest BCUT2D eigenvalue weighted by atomic mass is 19.1. The molecule has 0 radical (unpaired) electrons. The monoisotopic (exact) mass is 307 g/mol. The van der Waals surface area contributed by atoms with Crippen molar-refractivity contribution in [1.29, 1.82) is 5.26 Å². The lowest BCUT2D eigenvalue weighted by molar-refractivity contribution is -0.157. The van der Waals surface area contributed by atoms with Crippen LogP contribution >= 0.6 is 0 Å². The van der Waals surface area contributed by atoms with Gasteiger partial charge in [-0.2, -0.15) is 9.65 Å². The highest BCUT2D eigenvalue weighted by molar-refractivity contribution is 5.72. The van der Waals surface area contributed by atoms with Gasteiger partial charge in [-0.15, -0.1) is 0 Å². The summed E-state index contributed by atoms with van der Waals surface area (Å²) < 4.78 is 18.6. The molecule has 0 heterocycles. The van der Waals surface area contributed by atoms with Crippen LogP contribution in [0.5, 0.6) is 0 Å². The van der Waals surface area contributed by atoms with Gasteiger partial charge in [0, 0.05) is 0 Å². The van der Waals surface area contributed by atoms with E-state index >= 15 is 0 Å². The summed E-state index contributed by atoms with van der Waals surface area (Å²) in [5.41, 5.74) is 0. The number of hydrogen-bond acceptors (Lipinski definition) is 3. The maximum atomic E-state index is 13.0. The Labute approximate surface area is 132 Å². The van der Waals surface area contributed by atoms with Crippen molar-refractivity contribution in [3.63, 3.8) is 0 Å². The number of rotatable bonds is 4. The van der Waals surface area contributed by atoms with E-state index < -0.39 is 5.83 Å². The van der Waals surface area contributed by atoms with Gasteiger partial charge in [0.1, 0.15) is 12.2 Å². The van der Waals surface area contributed by atoms with E-state index in [-0.39, 0.29) is 23.9 Å². The topological polar surface area (TPSA) is 50.1 Å². The van der Waals surface area contributed by atoms with Crippen LogP contribution in [-0.2, 0) is 9.53 Å². The van der Waals surface area contributed by atoms with Gasteiger partial charge in [0.2, 0.25) is 0 Å². The van der Waals surface area contributed by atoms with E-state index in [2.05, 4.69) is 6.92 Å². The Hall–Kier alpha value is -1.37. The molecule has 0 N–H and O–H groups in total. The van der Waals surface area contributed by atoms with Gasteiger partial charge in [-0.25, -0.2) is 0 Å². The zero-order valence-electron chi connectivity index (χ0n) is 13.4. The first kappa shape index (κ1) is 17.0. The minimum absolute atomic E-state index is 0.0429. The van der Waals surface area contributed by atoms with Crippen LogP contribution in [0, 0.1) is 29.1 Å². The molecule has 0 aromatic carbocycles. The standard InChI is InChI=1S/C18H26FNO2/c1-2-13-5-9-17(10-6-13)22-18(21)15-7-3-14(4-8-15)11-16(19)12-20/h11,13-15,17H,2-10H2,1H3. The summed E-state index contributed by atoms with van der Waals surface area (Å²) in [5.74, 6) is 0.0661. The van der Waals surface area contributed by atoms with Crippen LogP contribution in [0.1, 0.15) is 64.7 Å². The average Bonchev–Trinajstić information content (AvgIpc) is 2.56. The molecule has 0 amide bonds. The molecule has 0 aliphatic heterocycles. The molecule has 2 rings (SSSR count). The molecule has 0 atom stereocenters. The zero-order valence-corrected chi connectivity index (χ0v) is 13.4. The first-order valence-corrected chi connectivity index (χ1v) is 8.60. The molecule has 3 nitrogen and oxygen atoms in total. The maximum absolute atomic E-state index is 13.0. The van der Waals surface area contributed by atoms with E-state index in [1.165, 1.54) is 31.4 Å². The number of nitrogens with zero attached hydrogens (tertiary/aromatic N) is 1. The normalized spacial score (nSPS) is 33.0. The second kappa shape index (κ2) is 8.31. The molecular weight excluding hydrogens is 281 g/mol. The second-order valence-electron chi connectivity index (χ2n) is 6.73. The van der Waals surface area contributed by atoms with E-state index in [4.69, 9.17) is 10.00 Å². The fourth-order valence-corrected chi connectivity index (χ4v) is 3.68. The van der Waals surface area contributed by atoms with E-state index in [0.29, 0.717) is 0 Å². The van der Waals surface area contributed by atoms with Crippen LogP contribution in [0.15, 0.2) is 11.9 Å². The smallest absolute Gasteiger partial charge is 0.309 e. The third kappa shape index (κ3) is 4.83. The third-order valence-corrected chi connectivity index (χ3v) is 5.25. The van der Waals surface area contributed by atoms with Crippen LogP contribution in [0.4, 0.5) is 4.39 Å². The molecular formula is C18H26FNO2. The predicted molar refractivity (Wildman–Crippen MR) is 82.4 cm³/mol. The number of halogens is 1. The Morgan fingerprint density at radius 3 is 2.36 bits per heavy atom. The molecule has 2 saturated carbocycles. The molecule has 4 heteroatoms. The Morgan fingerprint density at radius 1 is 1.18 bits per heavy atom. The third-order valence-electron chi connectivity index (χ3n) is 5.25. The summed E-state index contributed by atoms with van der Waals surface area (Å²) in [6, 6.07) is 1.51. The summed E-state index contributed by atoms with van der Waals surface area (Å²) in [6.07, 6.45) is 10.0. The van der Waals surface area contributed by atoms with Gasteiger partial charge in [0.05, 0.1) is 5.92 Å². The Morgan fingerprint density at radius 2 is 1.82 bits per heavy atom. The average molecular weight is 307 g/mol. The van der Waals surface area contributed by atoms with Crippen molar-refractivity contribution >= 4 is 5.97 Å². The number of carbonyl (C=O) groups excluding carboxylic acids is 1. The van der Waals surface area contributed by atoms with Gasteiger partial charge in [-0.05, 0) is 69.3 Å². The summed E-state index contributed by atoms with van der Waals surface area (Å²) in [6.45, 7) is 2.22. The minimum atomic E-state index is -0.710. The molecule has 2 fully saturated rings.